The normalized spacial score (nSPS) is 12.1. The van der Waals surface area contributed by atoms with E-state index in [1.165, 1.54) is 0 Å². The number of hydrogen-bond acceptors (Lipinski definition) is 2. The fourth-order valence-corrected chi connectivity index (χ4v) is 1.78. The quantitative estimate of drug-likeness (QED) is 0.782. The summed E-state index contributed by atoms with van der Waals surface area (Å²) < 4.78 is 0. The van der Waals surface area contributed by atoms with Crippen molar-refractivity contribution >= 4 is 33.4 Å². The maximum atomic E-state index is 11.9. The van der Waals surface area contributed by atoms with Crippen molar-refractivity contribution in [3.63, 3.8) is 0 Å². The number of alkyl halides is 1. The first-order valence-corrected chi connectivity index (χ1v) is 7.66. The Morgan fingerprint density at radius 1 is 1.20 bits per heavy atom. The molecule has 0 saturated carbocycles. The summed E-state index contributed by atoms with van der Waals surface area (Å²) in [4.78, 5) is 23.1. The first-order valence-electron chi connectivity index (χ1n) is 6.74. The maximum absolute atomic E-state index is 11.9. The van der Waals surface area contributed by atoms with Crippen LogP contribution in [-0.2, 0) is 16.0 Å². The molecule has 0 aromatic heterocycles. The highest BCUT2D eigenvalue weighted by Crippen LogP contribution is 2.16. The Morgan fingerprint density at radius 3 is 2.30 bits per heavy atom. The minimum absolute atomic E-state index is 0.00427. The lowest BCUT2D eigenvalue weighted by molar-refractivity contribution is -0.120. The number of amides is 2. The van der Waals surface area contributed by atoms with Crippen molar-refractivity contribution in [2.24, 2.45) is 5.92 Å². The molecule has 2 N–H and O–H groups in total. The molecular formula is C15H21BrN2O2. The van der Waals surface area contributed by atoms with Crippen LogP contribution in [0.1, 0.15) is 26.3 Å². The first-order chi connectivity index (χ1) is 9.43. The highest BCUT2D eigenvalue weighted by atomic mass is 79.9. The number of carbonyl (C=O) groups excluding carboxylic acids is 2. The van der Waals surface area contributed by atoms with Crippen molar-refractivity contribution in [3.8, 4) is 0 Å². The van der Waals surface area contributed by atoms with Crippen molar-refractivity contribution in [2.75, 3.05) is 11.9 Å². The molecule has 1 aromatic rings. The van der Waals surface area contributed by atoms with Gasteiger partial charge in [0, 0.05) is 12.2 Å². The molecule has 0 spiro atoms. The predicted octanol–water partition coefficient (Wildman–Crippen LogP) is 2.72. The van der Waals surface area contributed by atoms with Crippen LogP contribution in [0.5, 0.6) is 0 Å². The highest BCUT2D eigenvalue weighted by molar-refractivity contribution is 9.10. The van der Waals surface area contributed by atoms with E-state index in [9.17, 15) is 9.59 Å². The lowest BCUT2D eigenvalue weighted by Gasteiger charge is -2.14. The van der Waals surface area contributed by atoms with Gasteiger partial charge in [-0.25, -0.2) is 0 Å². The second kappa shape index (κ2) is 8.04. The van der Waals surface area contributed by atoms with Crippen LogP contribution in [0.2, 0.25) is 0 Å². The molecule has 0 heterocycles. The van der Waals surface area contributed by atoms with E-state index in [0.29, 0.717) is 13.0 Å². The zero-order chi connectivity index (χ0) is 15.1. The van der Waals surface area contributed by atoms with Crippen molar-refractivity contribution in [1.29, 1.82) is 0 Å². The summed E-state index contributed by atoms with van der Waals surface area (Å²) in [6.07, 6.45) is 0.356. The predicted molar refractivity (Wildman–Crippen MR) is 85.0 cm³/mol. The number of carbonyl (C=O) groups is 2. The van der Waals surface area contributed by atoms with Gasteiger partial charge < -0.3 is 10.6 Å². The monoisotopic (exact) mass is 340 g/mol. The summed E-state index contributed by atoms with van der Waals surface area (Å²) in [5, 5.41) is 5.60. The molecule has 0 bridgehead atoms. The van der Waals surface area contributed by atoms with Crippen LogP contribution in [0.4, 0.5) is 5.69 Å². The SMILES string of the molecule is CCNC(=O)Cc1ccc(NC(=O)C(Br)C(C)C)cc1. The number of likely N-dealkylation sites (N-methyl/N-ethyl adjacent to an activating group) is 1. The number of hydrogen-bond donors (Lipinski definition) is 2. The topological polar surface area (TPSA) is 58.2 Å². The number of benzene rings is 1. The van der Waals surface area contributed by atoms with E-state index in [1.807, 2.05) is 45.0 Å². The van der Waals surface area contributed by atoms with Crippen molar-refractivity contribution in [2.45, 2.75) is 32.0 Å². The van der Waals surface area contributed by atoms with E-state index >= 15 is 0 Å². The Kier molecular flexibility index (Phi) is 6.71. The van der Waals surface area contributed by atoms with Gasteiger partial charge in [0.1, 0.15) is 0 Å². The third-order valence-electron chi connectivity index (χ3n) is 2.80. The van der Waals surface area contributed by atoms with Gasteiger partial charge in [0.25, 0.3) is 0 Å². The Bertz CT molecular complexity index is 457. The van der Waals surface area contributed by atoms with Crippen molar-refractivity contribution in [3.05, 3.63) is 29.8 Å². The molecule has 2 amide bonds. The van der Waals surface area contributed by atoms with Crippen LogP contribution in [0.3, 0.4) is 0 Å². The van der Waals surface area contributed by atoms with E-state index < -0.39 is 0 Å². The van der Waals surface area contributed by atoms with Crippen molar-refractivity contribution in [1.82, 2.24) is 5.32 Å². The second-order valence-electron chi connectivity index (χ2n) is 4.96. The van der Waals surface area contributed by atoms with Gasteiger partial charge in [0.15, 0.2) is 0 Å². The van der Waals surface area contributed by atoms with Gasteiger partial charge in [0.2, 0.25) is 11.8 Å². The number of rotatable bonds is 6. The van der Waals surface area contributed by atoms with Crippen LogP contribution in [0, 0.1) is 5.92 Å². The molecule has 0 fully saturated rings. The summed E-state index contributed by atoms with van der Waals surface area (Å²) >= 11 is 3.36. The minimum Gasteiger partial charge on any atom is -0.356 e. The fraction of sp³-hybridized carbons (Fsp3) is 0.467. The van der Waals surface area contributed by atoms with Crippen LogP contribution >= 0.6 is 15.9 Å². The number of halogens is 1. The average Bonchev–Trinajstić information content (AvgIpc) is 2.40. The summed E-state index contributed by atoms with van der Waals surface area (Å²) in [5.74, 6) is 0.174. The van der Waals surface area contributed by atoms with Gasteiger partial charge in [-0.3, -0.25) is 9.59 Å². The zero-order valence-electron chi connectivity index (χ0n) is 12.1. The molecule has 1 rings (SSSR count). The molecule has 1 unspecified atom stereocenters. The molecule has 1 aromatic carbocycles. The lowest BCUT2D eigenvalue weighted by atomic mass is 10.1. The third-order valence-corrected chi connectivity index (χ3v) is 4.27. The molecule has 5 heteroatoms. The molecule has 110 valence electrons. The Hall–Kier alpha value is -1.36. The minimum atomic E-state index is -0.211. The van der Waals surface area contributed by atoms with E-state index in [0.717, 1.165) is 11.3 Å². The second-order valence-corrected chi connectivity index (χ2v) is 5.95. The van der Waals surface area contributed by atoms with Crippen LogP contribution in [0.25, 0.3) is 0 Å². The molecule has 4 nitrogen and oxygen atoms in total. The largest absolute Gasteiger partial charge is 0.356 e. The summed E-state index contributed by atoms with van der Waals surface area (Å²) in [6.45, 7) is 6.49. The Morgan fingerprint density at radius 2 is 1.80 bits per heavy atom. The molecule has 20 heavy (non-hydrogen) atoms. The van der Waals surface area contributed by atoms with Gasteiger partial charge >= 0.3 is 0 Å². The molecule has 0 aliphatic carbocycles. The van der Waals surface area contributed by atoms with E-state index in [2.05, 4.69) is 26.6 Å². The van der Waals surface area contributed by atoms with Crippen molar-refractivity contribution < 1.29 is 9.59 Å². The van der Waals surface area contributed by atoms with E-state index in [-0.39, 0.29) is 22.6 Å². The molecule has 0 aliphatic rings. The molecule has 0 radical (unpaired) electrons. The lowest BCUT2D eigenvalue weighted by Crippen LogP contribution is -2.27. The van der Waals surface area contributed by atoms with Gasteiger partial charge in [-0.05, 0) is 30.5 Å². The molecule has 1 atom stereocenters. The number of nitrogens with one attached hydrogen (secondary N) is 2. The van der Waals surface area contributed by atoms with Gasteiger partial charge in [-0.15, -0.1) is 0 Å². The summed E-state index contributed by atoms with van der Waals surface area (Å²) in [6, 6.07) is 7.33. The first kappa shape index (κ1) is 16.7. The summed E-state index contributed by atoms with van der Waals surface area (Å²) in [7, 11) is 0. The smallest absolute Gasteiger partial charge is 0.238 e. The van der Waals surface area contributed by atoms with Crippen LogP contribution < -0.4 is 10.6 Å². The Balaban J connectivity index is 2.58. The molecule has 0 saturated heterocycles. The fourth-order valence-electron chi connectivity index (χ4n) is 1.66. The number of anilines is 1. The van der Waals surface area contributed by atoms with E-state index in [1.54, 1.807) is 0 Å². The summed E-state index contributed by atoms with van der Waals surface area (Å²) in [5.41, 5.74) is 1.66. The van der Waals surface area contributed by atoms with E-state index in [4.69, 9.17) is 0 Å². The van der Waals surface area contributed by atoms with Crippen LogP contribution in [-0.4, -0.2) is 23.2 Å². The third kappa shape index (κ3) is 5.33. The highest BCUT2D eigenvalue weighted by Gasteiger charge is 2.18. The zero-order valence-corrected chi connectivity index (χ0v) is 13.7. The molecule has 0 aliphatic heterocycles. The maximum Gasteiger partial charge on any atom is 0.238 e. The standard InChI is InChI=1S/C15H21BrN2O2/c1-4-17-13(19)9-11-5-7-12(8-6-11)18-15(20)14(16)10(2)3/h5-8,10,14H,4,9H2,1-3H3,(H,17,19)(H,18,20). The van der Waals surface area contributed by atoms with Crippen LogP contribution in [0.15, 0.2) is 24.3 Å². The van der Waals surface area contributed by atoms with Gasteiger partial charge in [-0.1, -0.05) is 41.9 Å². The molecular weight excluding hydrogens is 320 g/mol. The van der Waals surface area contributed by atoms with Gasteiger partial charge in [0.05, 0.1) is 11.2 Å². The average molecular weight is 341 g/mol. The Labute approximate surface area is 128 Å². The van der Waals surface area contributed by atoms with Gasteiger partial charge in [-0.2, -0.15) is 0 Å².